The third kappa shape index (κ3) is 5.13. The molecule has 2 rings (SSSR count). The number of carbonyl (C=O) groups is 2. The van der Waals surface area contributed by atoms with Gasteiger partial charge in [-0.2, -0.15) is 0 Å². The van der Waals surface area contributed by atoms with Gasteiger partial charge < -0.3 is 10.1 Å². The Labute approximate surface area is 144 Å². The lowest BCUT2D eigenvalue weighted by Crippen LogP contribution is -2.30. The Morgan fingerprint density at radius 2 is 1.76 bits per heavy atom. The Morgan fingerprint density at radius 3 is 2.32 bits per heavy atom. The Kier molecular flexibility index (Phi) is 6.22. The number of nitro benzene ring substituents is 1. The van der Waals surface area contributed by atoms with Crippen LogP contribution in [-0.2, 0) is 4.74 Å². The molecule has 0 bridgehead atoms. The molecule has 7 nitrogen and oxygen atoms in total. The van der Waals surface area contributed by atoms with Crippen LogP contribution in [0.25, 0.3) is 0 Å². The van der Waals surface area contributed by atoms with Crippen LogP contribution >= 0.6 is 0 Å². The lowest BCUT2D eigenvalue weighted by atomic mass is 9.98. The van der Waals surface area contributed by atoms with Gasteiger partial charge in [0.2, 0.25) is 0 Å². The summed E-state index contributed by atoms with van der Waals surface area (Å²) in [6.45, 7) is 1.88. The van der Waals surface area contributed by atoms with Crippen LogP contribution in [0.1, 0.15) is 35.3 Å². The van der Waals surface area contributed by atoms with E-state index in [0.29, 0.717) is 11.1 Å². The molecule has 0 fully saturated rings. The van der Waals surface area contributed by atoms with Crippen LogP contribution in [0.15, 0.2) is 54.6 Å². The summed E-state index contributed by atoms with van der Waals surface area (Å²) < 4.78 is 4.87. The van der Waals surface area contributed by atoms with Crippen molar-refractivity contribution in [2.24, 2.45) is 0 Å². The van der Waals surface area contributed by atoms with Gasteiger partial charge in [-0.25, -0.2) is 4.79 Å². The van der Waals surface area contributed by atoms with Crippen molar-refractivity contribution >= 4 is 17.6 Å². The van der Waals surface area contributed by atoms with Gasteiger partial charge in [0.15, 0.2) is 5.78 Å². The topological polar surface area (TPSA) is 98.5 Å². The second kappa shape index (κ2) is 8.58. The molecule has 1 N–H and O–H groups in total. The van der Waals surface area contributed by atoms with E-state index in [-0.39, 0.29) is 24.5 Å². The largest absolute Gasteiger partial charge is 0.450 e. The third-order valence-corrected chi connectivity index (χ3v) is 3.56. The normalized spacial score (nSPS) is 11.4. The van der Waals surface area contributed by atoms with Gasteiger partial charge in [0.1, 0.15) is 0 Å². The Balaban J connectivity index is 2.21. The fourth-order valence-electron chi connectivity index (χ4n) is 2.32. The highest BCUT2D eigenvalue weighted by Gasteiger charge is 2.20. The van der Waals surface area contributed by atoms with Crippen LogP contribution in [0.2, 0.25) is 0 Å². The van der Waals surface area contributed by atoms with Crippen molar-refractivity contribution in [3.63, 3.8) is 0 Å². The average Bonchev–Trinajstić information content (AvgIpc) is 2.62. The van der Waals surface area contributed by atoms with E-state index >= 15 is 0 Å². The molecule has 2 aromatic carbocycles. The van der Waals surface area contributed by atoms with Crippen molar-refractivity contribution < 1.29 is 19.2 Å². The summed E-state index contributed by atoms with van der Waals surface area (Å²) in [5.41, 5.74) is 1.05. The van der Waals surface area contributed by atoms with Crippen molar-refractivity contribution in [2.45, 2.75) is 19.4 Å². The van der Waals surface area contributed by atoms with Crippen molar-refractivity contribution in [2.75, 3.05) is 6.61 Å². The first-order chi connectivity index (χ1) is 12.0. The summed E-state index contributed by atoms with van der Waals surface area (Å²) in [4.78, 5) is 34.5. The number of Topliss-reactive ketones (excluding diaryl/α,β-unsaturated/α-hetero) is 1. The molecule has 25 heavy (non-hydrogen) atoms. The van der Waals surface area contributed by atoms with Gasteiger partial charge in [0, 0.05) is 24.1 Å². The molecule has 130 valence electrons. The maximum Gasteiger partial charge on any atom is 0.407 e. The predicted molar refractivity (Wildman–Crippen MR) is 91.4 cm³/mol. The number of amides is 1. The summed E-state index contributed by atoms with van der Waals surface area (Å²) in [7, 11) is 0. The van der Waals surface area contributed by atoms with Gasteiger partial charge in [0.05, 0.1) is 17.6 Å². The molecule has 0 radical (unpaired) electrons. The highest BCUT2D eigenvalue weighted by Crippen LogP contribution is 2.22. The molecule has 2 aromatic rings. The first-order valence-corrected chi connectivity index (χ1v) is 7.77. The zero-order chi connectivity index (χ0) is 18.2. The molecule has 0 spiro atoms. The van der Waals surface area contributed by atoms with Crippen molar-refractivity contribution in [3.05, 3.63) is 75.8 Å². The maximum absolute atomic E-state index is 12.4. The molecule has 0 heterocycles. The van der Waals surface area contributed by atoms with E-state index in [1.807, 2.05) is 0 Å². The number of nitrogens with zero attached hydrogens (tertiary/aromatic N) is 1. The molecule has 0 aliphatic heterocycles. The lowest BCUT2D eigenvalue weighted by molar-refractivity contribution is -0.384. The van der Waals surface area contributed by atoms with Crippen LogP contribution in [-0.4, -0.2) is 23.4 Å². The molecule has 1 unspecified atom stereocenters. The average molecular weight is 342 g/mol. The Hall–Kier alpha value is -3.22. The summed E-state index contributed by atoms with van der Waals surface area (Å²) in [6.07, 6.45) is -0.632. The molecular formula is C18H18N2O5. The second-order valence-electron chi connectivity index (χ2n) is 5.26. The van der Waals surface area contributed by atoms with Gasteiger partial charge >= 0.3 is 6.09 Å². The standard InChI is InChI=1S/C18H18N2O5/c1-2-25-18(22)19-16(12-17(21)14-6-4-3-5-7-14)13-8-10-15(11-9-13)20(23)24/h3-11,16H,2,12H2,1H3,(H,19,22). The number of non-ortho nitro benzene ring substituents is 1. The van der Waals surface area contributed by atoms with Crippen LogP contribution in [0.5, 0.6) is 0 Å². The third-order valence-electron chi connectivity index (χ3n) is 3.56. The first-order valence-electron chi connectivity index (χ1n) is 7.77. The zero-order valence-corrected chi connectivity index (χ0v) is 13.7. The van der Waals surface area contributed by atoms with E-state index in [0.717, 1.165) is 0 Å². The molecule has 0 aliphatic rings. The van der Waals surface area contributed by atoms with Crippen LogP contribution in [0, 0.1) is 10.1 Å². The van der Waals surface area contributed by atoms with Crippen LogP contribution in [0.4, 0.5) is 10.5 Å². The molecule has 0 aliphatic carbocycles. The zero-order valence-electron chi connectivity index (χ0n) is 13.7. The first kappa shape index (κ1) is 18.1. The summed E-state index contributed by atoms with van der Waals surface area (Å²) >= 11 is 0. The smallest absolute Gasteiger partial charge is 0.407 e. The number of nitrogens with one attached hydrogen (secondary N) is 1. The van der Waals surface area contributed by atoms with Gasteiger partial charge in [-0.3, -0.25) is 14.9 Å². The minimum Gasteiger partial charge on any atom is -0.450 e. The molecule has 1 atom stereocenters. The lowest BCUT2D eigenvalue weighted by Gasteiger charge is -2.18. The number of alkyl carbamates (subject to hydrolysis) is 1. The van der Waals surface area contributed by atoms with Gasteiger partial charge in [0.25, 0.3) is 5.69 Å². The molecular weight excluding hydrogens is 324 g/mol. The van der Waals surface area contributed by atoms with Gasteiger partial charge in [-0.05, 0) is 12.5 Å². The van der Waals surface area contributed by atoms with Gasteiger partial charge in [-0.1, -0.05) is 42.5 Å². The van der Waals surface area contributed by atoms with Crippen molar-refractivity contribution in [1.29, 1.82) is 0 Å². The highest BCUT2D eigenvalue weighted by molar-refractivity contribution is 5.96. The minimum absolute atomic E-state index is 0.0145. The Morgan fingerprint density at radius 1 is 1.12 bits per heavy atom. The molecule has 0 aromatic heterocycles. The number of benzene rings is 2. The number of ether oxygens (including phenoxy) is 1. The van der Waals surface area contributed by atoms with E-state index in [4.69, 9.17) is 4.74 Å². The summed E-state index contributed by atoms with van der Waals surface area (Å²) in [6, 6.07) is 13.8. The Bertz CT molecular complexity index is 744. The SMILES string of the molecule is CCOC(=O)NC(CC(=O)c1ccccc1)c1ccc([N+](=O)[O-])cc1. The summed E-state index contributed by atoms with van der Waals surface area (Å²) in [5, 5.41) is 13.4. The second-order valence-corrected chi connectivity index (χ2v) is 5.26. The highest BCUT2D eigenvalue weighted by atomic mass is 16.6. The maximum atomic E-state index is 12.4. The van der Waals surface area contributed by atoms with E-state index in [1.165, 1.54) is 24.3 Å². The number of carbonyl (C=O) groups excluding carboxylic acids is 2. The molecule has 7 heteroatoms. The molecule has 0 saturated heterocycles. The number of nitro groups is 1. The van der Waals surface area contributed by atoms with E-state index < -0.39 is 17.1 Å². The molecule has 1 amide bonds. The minimum atomic E-state index is -0.647. The number of ketones is 1. The van der Waals surface area contributed by atoms with E-state index in [1.54, 1.807) is 37.3 Å². The van der Waals surface area contributed by atoms with E-state index in [2.05, 4.69) is 5.32 Å². The number of hydrogen-bond acceptors (Lipinski definition) is 5. The van der Waals surface area contributed by atoms with Crippen LogP contribution in [0.3, 0.4) is 0 Å². The van der Waals surface area contributed by atoms with Crippen LogP contribution < -0.4 is 5.32 Å². The van der Waals surface area contributed by atoms with Crippen molar-refractivity contribution in [1.82, 2.24) is 5.32 Å². The fraction of sp³-hybridized carbons (Fsp3) is 0.222. The van der Waals surface area contributed by atoms with E-state index in [9.17, 15) is 19.7 Å². The number of hydrogen-bond donors (Lipinski definition) is 1. The molecule has 0 saturated carbocycles. The number of rotatable bonds is 7. The summed E-state index contributed by atoms with van der Waals surface area (Å²) in [5.74, 6) is -0.152. The monoisotopic (exact) mass is 342 g/mol. The van der Waals surface area contributed by atoms with Crippen molar-refractivity contribution in [3.8, 4) is 0 Å². The van der Waals surface area contributed by atoms with Gasteiger partial charge in [-0.15, -0.1) is 0 Å². The fourth-order valence-corrected chi connectivity index (χ4v) is 2.32. The quantitative estimate of drug-likeness (QED) is 0.470. The predicted octanol–water partition coefficient (Wildman–Crippen LogP) is 3.66.